The van der Waals surface area contributed by atoms with Gasteiger partial charge in [-0.1, -0.05) is 18.0 Å². The number of carbonyl (C=O) groups excluding carboxylic acids is 1. The highest BCUT2D eigenvalue weighted by Crippen LogP contribution is 2.30. The van der Waals surface area contributed by atoms with Crippen LogP contribution in [0.5, 0.6) is 5.75 Å². The van der Waals surface area contributed by atoms with Gasteiger partial charge >= 0.3 is 18.2 Å². The third-order valence-electron chi connectivity index (χ3n) is 4.88. The Bertz CT molecular complexity index is 986. The quantitative estimate of drug-likeness (QED) is 0.621. The number of hydrogen-bond acceptors (Lipinski definition) is 5. The number of rotatable bonds is 6. The molecule has 0 bridgehead atoms. The number of alkyl halides is 2. The molecule has 1 heterocycles. The normalized spacial score (nSPS) is 16.0. The molecule has 1 fully saturated rings. The fourth-order valence-electron chi connectivity index (χ4n) is 3.31. The van der Waals surface area contributed by atoms with Crippen molar-refractivity contribution < 1.29 is 27.4 Å². The summed E-state index contributed by atoms with van der Waals surface area (Å²) in [6, 6.07) is 1.89. The molecule has 11 heteroatoms. The van der Waals surface area contributed by atoms with E-state index in [2.05, 4.69) is 5.10 Å². The molecule has 0 saturated heterocycles. The van der Waals surface area contributed by atoms with Gasteiger partial charge in [0.15, 0.2) is 11.9 Å². The van der Waals surface area contributed by atoms with Crippen molar-refractivity contribution >= 4 is 17.6 Å². The average Bonchev–Trinajstić information content (AvgIpc) is 2.98. The molecular weight excluding hydrogens is 427 g/mol. The van der Waals surface area contributed by atoms with Gasteiger partial charge in [0.05, 0.1) is 5.02 Å². The van der Waals surface area contributed by atoms with Crippen LogP contribution in [0.2, 0.25) is 5.02 Å². The molecule has 1 saturated carbocycles. The second-order valence-corrected chi connectivity index (χ2v) is 7.49. The lowest BCUT2D eigenvalue weighted by molar-refractivity contribution is -0.158. The van der Waals surface area contributed by atoms with E-state index in [0.717, 1.165) is 44.2 Å². The molecule has 1 aliphatic carbocycles. The van der Waals surface area contributed by atoms with E-state index < -0.39 is 35.8 Å². The Kier molecular flexibility index (Phi) is 6.74. The molecule has 3 rings (SSSR count). The van der Waals surface area contributed by atoms with Crippen molar-refractivity contribution in [1.82, 2.24) is 14.3 Å². The maximum Gasteiger partial charge on any atom is 0.355 e. The Morgan fingerprint density at radius 2 is 1.93 bits per heavy atom. The molecule has 1 aromatic heterocycles. The first-order chi connectivity index (χ1) is 14.2. The maximum absolute atomic E-state index is 14.4. The van der Waals surface area contributed by atoms with Gasteiger partial charge in [-0.05, 0) is 45.6 Å². The zero-order valence-corrected chi connectivity index (χ0v) is 17.2. The SMILES string of the molecule is Cc1nn(-c2cc(OC(C)C(=O)OC3CCCCC3)c(Cl)cc2F)c(=O)n1C(F)F. The van der Waals surface area contributed by atoms with Crippen molar-refractivity contribution in [2.45, 2.75) is 64.7 Å². The third kappa shape index (κ3) is 4.63. The Hall–Kier alpha value is -2.49. The zero-order valence-electron chi connectivity index (χ0n) is 16.4. The summed E-state index contributed by atoms with van der Waals surface area (Å²) in [5.74, 6) is -1.97. The molecule has 0 N–H and O–H groups in total. The zero-order chi connectivity index (χ0) is 22.0. The van der Waals surface area contributed by atoms with E-state index in [0.29, 0.717) is 4.68 Å². The minimum absolute atomic E-state index is 0.114. The minimum Gasteiger partial charge on any atom is -0.477 e. The number of esters is 1. The van der Waals surface area contributed by atoms with Crippen LogP contribution in [0.3, 0.4) is 0 Å². The molecule has 1 aromatic carbocycles. The molecule has 1 aliphatic rings. The van der Waals surface area contributed by atoms with Crippen molar-refractivity contribution in [2.24, 2.45) is 0 Å². The molecule has 0 amide bonds. The molecule has 0 radical (unpaired) electrons. The molecule has 2 aromatic rings. The van der Waals surface area contributed by atoms with E-state index in [1.165, 1.54) is 13.8 Å². The Labute approximate surface area is 175 Å². The first-order valence-electron chi connectivity index (χ1n) is 9.52. The number of aryl methyl sites for hydroxylation is 1. The maximum atomic E-state index is 14.4. The second kappa shape index (κ2) is 9.11. The van der Waals surface area contributed by atoms with Gasteiger partial charge in [-0.15, -0.1) is 5.10 Å². The largest absolute Gasteiger partial charge is 0.477 e. The lowest BCUT2D eigenvalue weighted by Gasteiger charge is -2.24. The summed E-state index contributed by atoms with van der Waals surface area (Å²) in [4.78, 5) is 24.5. The minimum atomic E-state index is -3.13. The number of ether oxygens (including phenoxy) is 2. The van der Waals surface area contributed by atoms with Gasteiger partial charge in [-0.3, -0.25) is 0 Å². The smallest absolute Gasteiger partial charge is 0.355 e. The Morgan fingerprint density at radius 1 is 1.27 bits per heavy atom. The first kappa shape index (κ1) is 22.2. The predicted octanol–water partition coefficient (Wildman–Crippen LogP) is 4.17. The summed E-state index contributed by atoms with van der Waals surface area (Å²) < 4.78 is 52.0. The van der Waals surface area contributed by atoms with Gasteiger partial charge in [0.1, 0.15) is 23.4 Å². The highest BCUT2D eigenvalue weighted by Gasteiger charge is 2.25. The lowest BCUT2D eigenvalue weighted by Crippen LogP contribution is -2.31. The number of halogens is 4. The van der Waals surface area contributed by atoms with Gasteiger partial charge in [0.2, 0.25) is 0 Å². The average molecular weight is 448 g/mol. The number of benzene rings is 1. The number of carbonyl (C=O) groups is 1. The fourth-order valence-corrected chi connectivity index (χ4v) is 3.51. The highest BCUT2D eigenvalue weighted by molar-refractivity contribution is 6.32. The first-order valence-corrected chi connectivity index (χ1v) is 9.89. The second-order valence-electron chi connectivity index (χ2n) is 7.08. The summed E-state index contributed by atoms with van der Waals surface area (Å²) in [5, 5.41) is 3.52. The fraction of sp³-hybridized carbons (Fsp3) is 0.526. The van der Waals surface area contributed by atoms with Crippen molar-refractivity contribution in [3.8, 4) is 11.4 Å². The number of hydrogen-bond donors (Lipinski definition) is 0. The standard InChI is InChI=1S/C19H21ClF3N3O4/c1-10(17(27)30-12-6-4-3-5-7-12)29-16-9-15(14(21)8-13(16)20)26-19(28)25(18(22)23)11(2)24-26/h8-10,12,18H,3-7H2,1-2H3. The van der Waals surface area contributed by atoms with E-state index in [1.54, 1.807) is 0 Å². The van der Waals surface area contributed by atoms with Crippen LogP contribution >= 0.6 is 11.6 Å². The van der Waals surface area contributed by atoms with E-state index in [9.17, 15) is 22.8 Å². The third-order valence-corrected chi connectivity index (χ3v) is 5.17. The van der Waals surface area contributed by atoms with E-state index >= 15 is 0 Å². The highest BCUT2D eigenvalue weighted by atomic mass is 35.5. The monoisotopic (exact) mass is 447 g/mol. The number of aromatic nitrogens is 3. The summed E-state index contributed by atoms with van der Waals surface area (Å²) in [5.41, 5.74) is -1.66. The summed E-state index contributed by atoms with van der Waals surface area (Å²) in [6.45, 7) is -0.489. The van der Waals surface area contributed by atoms with E-state index in [1.807, 2.05) is 0 Å². The molecule has 0 spiro atoms. The van der Waals surface area contributed by atoms with Crippen molar-refractivity contribution in [3.05, 3.63) is 39.3 Å². The van der Waals surface area contributed by atoms with Crippen LogP contribution in [0.1, 0.15) is 51.4 Å². The van der Waals surface area contributed by atoms with Crippen LogP contribution in [-0.4, -0.2) is 32.5 Å². The van der Waals surface area contributed by atoms with Crippen molar-refractivity contribution in [3.63, 3.8) is 0 Å². The molecular formula is C19H21ClF3N3O4. The Morgan fingerprint density at radius 3 is 2.53 bits per heavy atom. The van der Waals surface area contributed by atoms with Crippen molar-refractivity contribution in [1.29, 1.82) is 0 Å². The van der Waals surface area contributed by atoms with Crippen LogP contribution in [0.15, 0.2) is 16.9 Å². The number of nitrogens with zero attached hydrogens (tertiary/aromatic N) is 3. The van der Waals surface area contributed by atoms with Crippen LogP contribution in [-0.2, 0) is 9.53 Å². The van der Waals surface area contributed by atoms with Gasteiger partial charge < -0.3 is 9.47 Å². The van der Waals surface area contributed by atoms with Crippen LogP contribution in [0.25, 0.3) is 5.69 Å². The van der Waals surface area contributed by atoms with Crippen LogP contribution in [0, 0.1) is 12.7 Å². The molecule has 7 nitrogen and oxygen atoms in total. The summed E-state index contributed by atoms with van der Waals surface area (Å²) >= 11 is 6.01. The Balaban J connectivity index is 1.84. The lowest BCUT2D eigenvalue weighted by atomic mass is 9.98. The molecule has 30 heavy (non-hydrogen) atoms. The van der Waals surface area contributed by atoms with E-state index in [4.69, 9.17) is 21.1 Å². The van der Waals surface area contributed by atoms with E-state index in [-0.39, 0.29) is 27.3 Å². The van der Waals surface area contributed by atoms with Gasteiger partial charge in [-0.2, -0.15) is 13.5 Å². The summed E-state index contributed by atoms with van der Waals surface area (Å²) in [7, 11) is 0. The van der Waals surface area contributed by atoms with Crippen LogP contribution < -0.4 is 10.4 Å². The van der Waals surface area contributed by atoms with Gasteiger partial charge in [0.25, 0.3) is 0 Å². The summed E-state index contributed by atoms with van der Waals surface area (Å²) in [6.07, 6.45) is 3.42. The van der Waals surface area contributed by atoms with Crippen LogP contribution in [0.4, 0.5) is 13.2 Å². The van der Waals surface area contributed by atoms with Gasteiger partial charge in [0, 0.05) is 6.07 Å². The molecule has 0 aliphatic heterocycles. The molecule has 1 unspecified atom stereocenters. The molecule has 1 atom stereocenters. The topological polar surface area (TPSA) is 75.4 Å². The predicted molar refractivity (Wildman–Crippen MR) is 102 cm³/mol. The van der Waals surface area contributed by atoms with Crippen molar-refractivity contribution in [2.75, 3.05) is 0 Å². The molecule has 164 valence electrons. The van der Waals surface area contributed by atoms with Gasteiger partial charge in [-0.25, -0.2) is 18.5 Å².